The molecule has 0 heterocycles. The molecule has 17 heavy (non-hydrogen) atoms. The molecule has 6 heteroatoms. The molecule has 0 spiro atoms. The lowest BCUT2D eigenvalue weighted by Gasteiger charge is -2.11. The Labute approximate surface area is 107 Å². The van der Waals surface area contributed by atoms with Crippen LogP contribution in [0.25, 0.3) is 0 Å². The number of halogens is 1. The van der Waals surface area contributed by atoms with Crippen LogP contribution in [0, 0.1) is 10.1 Å². The normalized spacial score (nSPS) is 11.6. The predicted molar refractivity (Wildman–Crippen MR) is 70.2 cm³/mol. The molecule has 5 nitrogen and oxygen atoms in total. The van der Waals surface area contributed by atoms with E-state index < -0.39 is 4.92 Å². The van der Waals surface area contributed by atoms with E-state index in [1.807, 2.05) is 0 Å². The minimum absolute atomic E-state index is 0. The molecule has 0 bridgehead atoms. The second kappa shape index (κ2) is 8.00. The van der Waals surface area contributed by atoms with Crippen LogP contribution in [0.15, 0.2) is 24.3 Å². The summed E-state index contributed by atoms with van der Waals surface area (Å²) in [5.41, 5.74) is 12.4. The SMILES string of the molecule is Cl.NCCCC[C@H](N)c1ccc([N+](=O)[O-])cc1. The van der Waals surface area contributed by atoms with Crippen molar-refractivity contribution in [1.29, 1.82) is 0 Å². The molecule has 4 N–H and O–H groups in total. The minimum Gasteiger partial charge on any atom is -0.330 e. The van der Waals surface area contributed by atoms with Crippen LogP contribution >= 0.6 is 12.4 Å². The molecule has 0 aliphatic rings. The number of unbranched alkanes of at least 4 members (excludes halogenated alkanes) is 1. The van der Waals surface area contributed by atoms with Gasteiger partial charge >= 0.3 is 0 Å². The summed E-state index contributed by atoms with van der Waals surface area (Å²) in [6.07, 6.45) is 2.80. The van der Waals surface area contributed by atoms with E-state index in [0.717, 1.165) is 24.8 Å². The Morgan fingerprint density at radius 2 is 1.82 bits per heavy atom. The smallest absolute Gasteiger partial charge is 0.269 e. The Balaban J connectivity index is 0.00000256. The first-order valence-corrected chi connectivity index (χ1v) is 5.35. The summed E-state index contributed by atoms with van der Waals surface area (Å²) < 4.78 is 0. The number of nitro benzene ring substituents is 1. The maximum Gasteiger partial charge on any atom is 0.269 e. The third-order valence-corrected chi connectivity index (χ3v) is 2.50. The highest BCUT2D eigenvalue weighted by Gasteiger charge is 2.08. The Morgan fingerprint density at radius 1 is 1.24 bits per heavy atom. The molecule has 0 amide bonds. The van der Waals surface area contributed by atoms with Gasteiger partial charge < -0.3 is 11.5 Å². The third kappa shape index (κ3) is 5.12. The van der Waals surface area contributed by atoms with Crippen LogP contribution in [0.1, 0.15) is 30.9 Å². The summed E-state index contributed by atoms with van der Waals surface area (Å²) in [5.74, 6) is 0. The highest BCUT2D eigenvalue weighted by molar-refractivity contribution is 5.85. The van der Waals surface area contributed by atoms with Gasteiger partial charge in [0.05, 0.1) is 4.92 Å². The van der Waals surface area contributed by atoms with Gasteiger partial charge in [0.15, 0.2) is 0 Å². The minimum atomic E-state index is -0.413. The molecule has 1 aromatic rings. The van der Waals surface area contributed by atoms with Gasteiger partial charge in [0, 0.05) is 18.2 Å². The van der Waals surface area contributed by atoms with Gasteiger partial charge in [0.25, 0.3) is 5.69 Å². The van der Waals surface area contributed by atoms with Crippen molar-refractivity contribution >= 4 is 18.1 Å². The molecule has 0 unspecified atom stereocenters. The average molecular weight is 260 g/mol. The molecule has 1 atom stereocenters. The lowest BCUT2D eigenvalue weighted by atomic mass is 10.0. The number of nitrogens with zero attached hydrogens (tertiary/aromatic N) is 1. The van der Waals surface area contributed by atoms with E-state index in [1.165, 1.54) is 12.1 Å². The molecule has 0 fully saturated rings. The predicted octanol–water partition coefficient (Wildman–Crippen LogP) is 2.15. The second-order valence-corrected chi connectivity index (χ2v) is 3.74. The maximum atomic E-state index is 10.5. The molecular weight excluding hydrogens is 242 g/mol. The summed E-state index contributed by atoms with van der Waals surface area (Å²) in [4.78, 5) is 10.0. The van der Waals surface area contributed by atoms with Crippen LogP contribution in [0.5, 0.6) is 0 Å². The molecule has 0 aromatic heterocycles. The molecule has 0 saturated carbocycles. The fourth-order valence-electron chi connectivity index (χ4n) is 1.52. The largest absolute Gasteiger partial charge is 0.330 e. The van der Waals surface area contributed by atoms with E-state index in [-0.39, 0.29) is 24.1 Å². The van der Waals surface area contributed by atoms with E-state index in [0.29, 0.717) is 6.54 Å². The monoisotopic (exact) mass is 259 g/mol. The molecular formula is C11H18ClN3O2. The first-order valence-electron chi connectivity index (χ1n) is 5.35. The van der Waals surface area contributed by atoms with Crippen molar-refractivity contribution in [2.75, 3.05) is 6.54 Å². The Kier molecular flexibility index (Phi) is 7.45. The highest BCUT2D eigenvalue weighted by Crippen LogP contribution is 2.19. The summed E-state index contributed by atoms with van der Waals surface area (Å²) >= 11 is 0. The first-order chi connectivity index (χ1) is 7.65. The molecule has 0 saturated heterocycles. The zero-order chi connectivity index (χ0) is 12.0. The molecule has 0 aliphatic heterocycles. The number of hydrogen-bond donors (Lipinski definition) is 2. The molecule has 0 aliphatic carbocycles. The molecule has 0 radical (unpaired) electrons. The van der Waals surface area contributed by atoms with Crippen LogP contribution in [0.2, 0.25) is 0 Å². The van der Waals surface area contributed by atoms with E-state index in [9.17, 15) is 10.1 Å². The lowest BCUT2D eigenvalue weighted by Crippen LogP contribution is -2.11. The Morgan fingerprint density at radius 3 is 2.29 bits per heavy atom. The molecule has 1 aromatic carbocycles. The number of non-ortho nitro benzene ring substituents is 1. The van der Waals surface area contributed by atoms with Crippen LogP contribution in [0.4, 0.5) is 5.69 Å². The van der Waals surface area contributed by atoms with Gasteiger partial charge in [-0.15, -0.1) is 12.4 Å². The number of hydrogen-bond acceptors (Lipinski definition) is 4. The zero-order valence-corrected chi connectivity index (χ0v) is 10.4. The van der Waals surface area contributed by atoms with Gasteiger partial charge in [0.2, 0.25) is 0 Å². The summed E-state index contributed by atoms with van der Waals surface area (Å²) in [7, 11) is 0. The van der Waals surface area contributed by atoms with Crippen molar-refractivity contribution < 1.29 is 4.92 Å². The van der Waals surface area contributed by atoms with Gasteiger partial charge in [-0.1, -0.05) is 18.6 Å². The molecule has 96 valence electrons. The second-order valence-electron chi connectivity index (χ2n) is 3.74. The van der Waals surface area contributed by atoms with Crippen molar-refractivity contribution in [3.05, 3.63) is 39.9 Å². The van der Waals surface area contributed by atoms with E-state index in [4.69, 9.17) is 11.5 Å². The number of nitro groups is 1. The zero-order valence-electron chi connectivity index (χ0n) is 9.54. The van der Waals surface area contributed by atoms with Crippen molar-refractivity contribution in [1.82, 2.24) is 0 Å². The van der Waals surface area contributed by atoms with Crippen molar-refractivity contribution in [2.24, 2.45) is 11.5 Å². The van der Waals surface area contributed by atoms with Gasteiger partial charge in [-0.2, -0.15) is 0 Å². The van der Waals surface area contributed by atoms with Crippen molar-refractivity contribution in [2.45, 2.75) is 25.3 Å². The summed E-state index contributed by atoms with van der Waals surface area (Å²) in [5, 5.41) is 10.5. The Hall–Kier alpha value is -1.17. The van der Waals surface area contributed by atoms with Crippen LogP contribution in [-0.2, 0) is 0 Å². The fraction of sp³-hybridized carbons (Fsp3) is 0.455. The summed E-state index contributed by atoms with van der Waals surface area (Å²) in [6, 6.07) is 6.33. The number of rotatable bonds is 6. The van der Waals surface area contributed by atoms with Gasteiger partial charge in [0.1, 0.15) is 0 Å². The first kappa shape index (κ1) is 15.8. The van der Waals surface area contributed by atoms with E-state index >= 15 is 0 Å². The fourth-order valence-corrected chi connectivity index (χ4v) is 1.52. The van der Waals surface area contributed by atoms with Crippen LogP contribution < -0.4 is 11.5 Å². The summed E-state index contributed by atoms with van der Waals surface area (Å²) in [6.45, 7) is 0.674. The molecule has 1 rings (SSSR count). The quantitative estimate of drug-likeness (QED) is 0.465. The van der Waals surface area contributed by atoms with Crippen molar-refractivity contribution in [3.63, 3.8) is 0 Å². The van der Waals surface area contributed by atoms with E-state index in [2.05, 4.69) is 0 Å². The third-order valence-electron chi connectivity index (χ3n) is 2.50. The highest BCUT2D eigenvalue weighted by atomic mass is 35.5. The topological polar surface area (TPSA) is 95.2 Å². The lowest BCUT2D eigenvalue weighted by molar-refractivity contribution is -0.384. The standard InChI is InChI=1S/C11H17N3O2.ClH/c12-8-2-1-3-11(13)9-4-6-10(7-5-9)14(15)16;/h4-7,11H,1-3,8,12-13H2;1H/t11-;/m0./s1. The van der Waals surface area contributed by atoms with Gasteiger partial charge in [-0.05, 0) is 24.9 Å². The van der Waals surface area contributed by atoms with Crippen molar-refractivity contribution in [3.8, 4) is 0 Å². The van der Waals surface area contributed by atoms with E-state index in [1.54, 1.807) is 12.1 Å². The van der Waals surface area contributed by atoms with Crippen LogP contribution in [0.3, 0.4) is 0 Å². The van der Waals surface area contributed by atoms with Gasteiger partial charge in [-0.3, -0.25) is 10.1 Å². The van der Waals surface area contributed by atoms with Crippen LogP contribution in [-0.4, -0.2) is 11.5 Å². The van der Waals surface area contributed by atoms with Gasteiger partial charge in [-0.25, -0.2) is 0 Å². The number of benzene rings is 1. The Bertz CT molecular complexity index is 343. The average Bonchev–Trinajstić information content (AvgIpc) is 2.29. The number of nitrogens with two attached hydrogens (primary N) is 2. The maximum absolute atomic E-state index is 10.5.